The summed E-state index contributed by atoms with van der Waals surface area (Å²) in [6.45, 7) is 9.27. The molecule has 2 aliphatic carbocycles. The normalized spacial score (nSPS) is 44.0. The standard InChI is InChI=1S/C26H31N3O3/c1-23(2)16-10-11-24(23,3)18(14-16)27-28-21(30)19-20-22(31)29(17-8-6-5-7-9-17)15-26(20)13-12-25(19,4)32-26/h5-9,12-13,16,19-20H,10-11,14-15H2,1-4H3,(H,28,30)/b27-18+/t16-,19?,20?,24+,25?,26?/m1/s1. The summed E-state index contributed by atoms with van der Waals surface area (Å²) in [6, 6.07) is 9.61. The highest BCUT2D eigenvalue weighted by Crippen LogP contribution is 2.64. The number of amides is 2. The van der Waals surface area contributed by atoms with Gasteiger partial charge in [0.2, 0.25) is 11.8 Å². The van der Waals surface area contributed by atoms with Crippen LogP contribution in [0.3, 0.4) is 0 Å². The Morgan fingerprint density at radius 1 is 1.16 bits per heavy atom. The van der Waals surface area contributed by atoms with Gasteiger partial charge in [-0.2, -0.15) is 5.10 Å². The number of para-hydroxylation sites is 1. The second-order valence-electron chi connectivity index (χ2n) is 11.3. The van der Waals surface area contributed by atoms with Gasteiger partial charge in [-0.3, -0.25) is 9.59 Å². The Morgan fingerprint density at radius 2 is 1.91 bits per heavy atom. The van der Waals surface area contributed by atoms with Crippen LogP contribution >= 0.6 is 0 Å². The van der Waals surface area contributed by atoms with Crippen molar-refractivity contribution < 1.29 is 14.3 Å². The van der Waals surface area contributed by atoms with Crippen molar-refractivity contribution in [2.75, 3.05) is 11.4 Å². The number of nitrogens with zero attached hydrogens (tertiary/aromatic N) is 2. The highest BCUT2D eigenvalue weighted by atomic mass is 16.5. The smallest absolute Gasteiger partial charge is 0.247 e. The average Bonchev–Trinajstić information content (AvgIpc) is 3.45. The number of benzene rings is 1. The van der Waals surface area contributed by atoms with Gasteiger partial charge >= 0.3 is 0 Å². The molecule has 2 amide bonds. The summed E-state index contributed by atoms with van der Waals surface area (Å²) >= 11 is 0. The van der Waals surface area contributed by atoms with Crippen molar-refractivity contribution in [2.45, 2.75) is 58.2 Å². The molecule has 5 aliphatic rings. The molecule has 1 N–H and O–H groups in total. The minimum atomic E-state index is -0.786. The number of carbonyl (C=O) groups is 2. The molecule has 6 nitrogen and oxygen atoms in total. The molecule has 0 radical (unpaired) electrons. The fraction of sp³-hybridized carbons (Fsp3) is 0.577. The van der Waals surface area contributed by atoms with Crippen molar-refractivity contribution in [1.29, 1.82) is 0 Å². The number of ether oxygens (including phenoxy) is 1. The molecule has 6 atom stereocenters. The Balaban J connectivity index is 1.28. The zero-order valence-electron chi connectivity index (χ0n) is 19.2. The first-order chi connectivity index (χ1) is 15.1. The number of carbonyl (C=O) groups excluding carboxylic acids is 2. The lowest BCUT2D eigenvalue weighted by Crippen LogP contribution is -2.47. The van der Waals surface area contributed by atoms with Gasteiger partial charge in [-0.15, -0.1) is 0 Å². The summed E-state index contributed by atoms with van der Waals surface area (Å²) < 4.78 is 6.42. The van der Waals surface area contributed by atoms with E-state index < -0.39 is 23.0 Å². The summed E-state index contributed by atoms with van der Waals surface area (Å²) in [5.74, 6) is -0.787. The van der Waals surface area contributed by atoms with E-state index in [9.17, 15) is 9.59 Å². The molecule has 4 fully saturated rings. The molecule has 168 valence electrons. The molecule has 1 spiro atoms. The first-order valence-electron chi connectivity index (χ1n) is 11.8. The number of hydrazone groups is 1. The van der Waals surface area contributed by atoms with E-state index in [-0.39, 0.29) is 22.6 Å². The molecule has 4 unspecified atom stereocenters. The Kier molecular flexibility index (Phi) is 3.84. The van der Waals surface area contributed by atoms with Gasteiger partial charge in [0.05, 0.1) is 24.0 Å². The third-order valence-corrected chi connectivity index (χ3v) is 9.68. The Morgan fingerprint density at radius 3 is 2.56 bits per heavy atom. The zero-order valence-corrected chi connectivity index (χ0v) is 19.2. The molecule has 3 heterocycles. The Labute approximate surface area is 189 Å². The summed E-state index contributed by atoms with van der Waals surface area (Å²) in [6.07, 6.45) is 7.24. The summed E-state index contributed by atoms with van der Waals surface area (Å²) in [5, 5.41) is 4.66. The third kappa shape index (κ3) is 2.31. The second-order valence-corrected chi connectivity index (χ2v) is 11.3. The fourth-order valence-electron chi connectivity index (χ4n) is 7.29. The maximum absolute atomic E-state index is 13.5. The van der Waals surface area contributed by atoms with Crippen LogP contribution in [-0.4, -0.2) is 35.3 Å². The lowest BCUT2D eigenvalue weighted by molar-refractivity contribution is -0.133. The molecule has 6 rings (SSSR count). The van der Waals surface area contributed by atoms with E-state index >= 15 is 0 Å². The number of hydrogen-bond donors (Lipinski definition) is 1. The fourth-order valence-corrected chi connectivity index (χ4v) is 7.29. The van der Waals surface area contributed by atoms with Crippen LogP contribution in [0, 0.1) is 28.6 Å². The molecule has 4 bridgehead atoms. The van der Waals surface area contributed by atoms with Crippen LogP contribution in [0.5, 0.6) is 0 Å². The maximum Gasteiger partial charge on any atom is 0.247 e. The number of anilines is 1. The first kappa shape index (κ1) is 20.2. The van der Waals surface area contributed by atoms with E-state index in [1.165, 1.54) is 6.42 Å². The topological polar surface area (TPSA) is 71.0 Å². The SMILES string of the molecule is CC12C=CC3(CN(c4ccccc4)C(=O)C3C1C(=O)N/N=C1\C[C@H]3CC[C@]1(C)C3(C)C)O2. The van der Waals surface area contributed by atoms with Crippen LogP contribution in [0.15, 0.2) is 47.6 Å². The van der Waals surface area contributed by atoms with Gasteiger partial charge < -0.3 is 9.64 Å². The molecule has 3 aliphatic heterocycles. The summed E-state index contributed by atoms with van der Waals surface area (Å²) in [7, 11) is 0. The summed E-state index contributed by atoms with van der Waals surface area (Å²) in [5.41, 5.74) is 3.48. The highest BCUT2D eigenvalue weighted by Gasteiger charge is 2.71. The van der Waals surface area contributed by atoms with E-state index in [1.54, 1.807) is 4.90 Å². The monoisotopic (exact) mass is 433 g/mol. The molecular formula is C26H31N3O3. The van der Waals surface area contributed by atoms with Crippen LogP contribution in [0.2, 0.25) is 0 Å². The van der Waals surface area contributed by atoms with Crippen LogP contribution in [0.4, 0.5) is 5.69 Å². The van der Waals surface area contributed by atoms with Crippen molar-refractivity contribution in [3.63, 3.8) is 0 Å². The summed E-state index contributed by atoms with van der Waals surface area (Å²) in [4.78, 5) is 28.8. The molecule has 6 heteroatoms. The lowest BCUT2D eigenvalue weighted by atomic mass is 9.70. The maximum atomic E-state index is 13.5. The van der Waals surface area contributed by atoms with Gasteiger partial charge in [-0.25, -0.2) is 5.43 Å². The third-order valence-electron chi connectivity index (χ3n) is 9.68. The quantitative estimate of drug-likeness (QED) is 0.584. The predicted octanol–water partition coefficient (Wildman–Crippen LogP) is 3.68. The van der Waals surface area contributed by atoms with E-state index in [0.29, 0.717) is 12.5 Å². The molecule has 0 aromatic heterocycles. The molecule has 1 aromatic carbocycles. The number of hydrogen-bond acceptors (Lipinski definition) is 4. The largest absolute Gasteiger partial charge is 0.357 e. The zero-order chi connectivity index (χ0) is 22.5. The number of nitrogens with one attached hydrogen (secondary N) is 1. The Bertz CT molecular complexity index is 1080. The number of rotatable bonds is 3. The van der Waals surface area contributed by atoms with Gasteiger partial charge in [-0.1, -0.05) is 51.1 Å². The highest BCUT2D eigenvalue weighted by molar-refractivity contribution is 6.03. The van der Waals surface area contributed by atoms with Gasteiger partial charge in [0.25, 0.3) is 0 Å². The second kappa shape index (κ2) is 6.10. The van der Waals surface area contributed by atoms with E-state index in [4.69, 9.17) is 4.74 Å². The van der Waals surface area contributed by atoms with E-state index in [2.05, 4.69) is 31.3 Å². The lowest BCUT2D eigenvalue weighted by Gasteiger charge is -2.34. The molecular weight excluding hydrogens is 402 g/mol. The van der Waals surface area contributed by atoms with Crippen molar-refractivity contribution in [1.82, 2.24) is 5.43 Å². The first-order valence-corrected chi connectivity index (χ1v) is 11.8. The van der Waals surface area contributed by atoms with E-state index in [0.717, 1.165) is 24.2 Å². The van der Waals surface area contributed by atoms with Crippen LogP contribution in [0.1, 0.15) is 47.0 Å². The van der Waals surface area contributed by atoms with Gasteiger partial charge in [0.15, 0.2) is 0 Å². The van der Waals surface area contributed by atoms with Gasteiger partial charge in [-0.05, 0) is 49.7 Å². The van der Waals surface area contributed by atoms with Crippen molar-refractivity contribution in [2.24, 2.45) is 33.7 Å². The van der Waals surface area contributed by atoms with Crippen LogP contribution in [0.25, 0.3) is 0 Å². The van der Waals surface area contributed by atoms with Crippen LogP contribution < -0.4 is 10.3 Å². The molecule has 2 saturated heterocycles. The van der Waals surface area contributed by atoms with Crippen molar-refractivity contribution in [3.8, 4) is 0 Å². The molecule has 1 aromatic rings. The average molecular weight is 434 g/mol. The van der Waals surface area contributed by atoms with Crippen LogP contribution in [-0.2, 0) is 14.3 Å². The van der Waals surface area contributed by atoms with Crippen molar-refractivity contribution in [3.05, 3.63) is 42.5 Å². The molecule has 32 heavy (non-hydrogen) atoms. The minimum absolute atomic E-state index is 0.0223. The number of fused-ring (bicyclic) bond motifs is 3. The van der Waals surface area contributed by atoms with Crippen molar-refractivity contribution >= 4 is 23.2 Å². The predicted molar refractivity (Wildman–Crippen MR) is 122 cm³/mol. The minimum Gasteiger partial charge on any atom is -0.357 e. The van der Waals surface area contributed by atoms with Gasteiger partial charge in [0, 0.05) is 16.8 Å². The van der Waals surface area contributed by atoms with Gasteiger partial charge in [0.1, 0.15) is 5.60 Å². The van der Waals surface area contributed by atoms with E-state index in [1.807, 2.05) is 49.4 Å². The Hall–Kier alpha value is -2.47. The molecule has 2 saturated carbocycles.